The molecule has 0 aliphatic heterocycles. The lowest BCUT2D eigenvalue weighted by Gasteiger charge is -2.22. The van der Waals surface area contributed by atoms with Crippen molar-refractivity contribution in [1.82, 2.24) is 15.1 Å². The van der Waals surface area contributed by atoms with Crippen molar-refractivity contribution in [2.45, 2.75) is 12.5 Å². The van der Waals surface area contributed by atoms with Crippen LogP contribution < -0.4 is 10.6 Å². The van der Waals surface area contributed by atoms with E-state index in [0.29, 0.717) is 5.69 Å². The summed E-state index contributed by atoms with van der Waals surface area (Å²) < 4.78 is 1.59. The van der Waals surface area contributed by atoms with Crippen molar-refractivity contribution in [1.29, 1.82) is 0 Å². The first-order chi connectivity index (χ1) is 8.97. The van der Waals surface area contributed by atoms with E-state index in [2.05, 4.69) is 15.7 Å². The number of thiophene rings is 1. The Morgan fingerprint density at radius 2 is 2.42 bits per heavy atom. The minimum Gasteiger partial charge on any atom is -0.384 e. The van der Waals surface area contributed by atoms with Crippen molar-refractivity contribution in [2.75, 3.05) is 11.9 Å². The lowest BCUT2D eigenvalue weighted by atomic mass is 9.99. The van der Waals surface area contributed by atoms with Gasteiger partial charge in [-0.05, 0) is 29.3 Å². The Kier molecular flexibility index (Phi) is 3.87. The fourth-order valence-electron chi connectivity index (χ4n) is 1.59. The zero-order valence-electron chi connectivity index (χ0n) is 10.8. The maximum Gasteiger partial charge on any atom is 0.319 e. The summed E-state index contributed by atoms with van der Waals surface area (Å²) in [7, 11) is 1.77. The molecular weight excluding hydrogens is 264 g/mol. The molecule has 0 saturated carbocycles. The summed E-state index contributed by atoms with van der Waals surface area (Å²) in [6, 6.07) is 1.47. The molecule has 0 bridgehead atoms. The lowest BCUT2D eigenvalue weighted by Crippen LogP contribution is -2.40. The molecule has 0 fully saturated rings. The first-order valence-electron chi connectivity index (χ1n) is 5.76. The highest BCUT2D eigenvalue weighted by Crippen LogP contribution is 2.21. The average Bonchev–Trinajstić information content (AvgIpc) is 2.98. The predicted octanol–water partition coefficient (Wildman–Crippen LogP) is 1.51. The molecule has 0 aliphatic rings. The van der Waals surface area contributed by atoms with Crippen molar-refractivity contribution in [3.05, 3.63) is 34.8 Å². The van der Waals surface area contributed by atoms with Crippen LogP contribution in [0.4, 0.5) is 10.5 Å². The van der Waals surface area contributed by atoms with E-state index < -0.39 is 5.60 Å². The van der Waals surface area contributed by atoms with Crippen LogP contribution in [0, 0.1) is 0 Å². The molecule has 2 heterocycles. The van der Waals surface area contributed by atoms with E-state index in [1.165, 1.54) is 11.3 Å². The fourth-order valence-corrected chi connectivity index (χ4v) is 2.37. The molecule has 6 nitrogen and oxygen atoms in total. The van der Waals surface area contributed by atoms with E-state index >= 15 is 0 Å². The summed E-state index contributed by atoms with van der Waals surface area (Å²) in [5, 5.41) is 23.2. The van der Waals surface area contributed by atoms with Crippen molar-refractivity contribution in [3.8, 4) is 0 Å². The third kappa shape index (κ3) is 3.55. The number of aryl methyl sites for hydroxylation is 1. The normalized spacial score (nSPS) is 13.8. The molecule has 7 heteroatoms. The Hall–Kier alpha value is -1.86. The van der Waals surface area contributed by atoms with Crippen molar-refractivity contribution in [2.24, 2.45) is 7.05 Å². The molecule has 0 saturated heterocycles. The number of hydrogen-bond donors (Lipinski definition) is 3. The summed E-state index contributed by atoms with van der Waals surface area (Å²) in [5.74, 6) is 0. The molecule has 102 valence electrons. The van der Waals surface area contributed by atoms with Gasteiger partial charge < -0.3 is 15.7 Å². The quantitative estimate of drug-likeness (QED) is 0.794. The minimum atomic E-state index is -1.08. The zero-order valence-corrected chi connectivity index (χ0v) is 11.6. The molecule has 1 unspecified atom stereocenters. The first kappa shape index (κ1) is 13.6. The molecule has 3 N–H and O–H groups in total. The van der Waals surface area contributed by atoms with Gasteiger partial charge in [0.2, 0.25) is 0 Å². The van der Waals surface area contributed by atoms with Gasteiger partial charge in [-0.15, -0.1) is 0 Å². The highest BCUT2D eigenvalue weighted by atomic mass is 32.1. The molecule has 1 atom stereocenters. The van der Waals surface area contributed by atoms with Gasteiger partial charge in [-0.1, -0.05) is 0 Å². The number of carbonyl (C=O) groups is 1. The van der Waals surface area contributed by atoms with Crippen LogP contribution in [0.3, 0.4) is 0 Å². The molecule has 2 amide bonds. The number of aromatic nitrogens is 2. The van der Waals surface area contributed by atoms with E-state index in [9.17, 15) is 9.90 Å². The third-order valence-electron chi connectivity index (χ3n) is 2.70. The lowest BCUT2D eigenvalue weighted by molar-refractivity contribution is 0.0604. The van der Waals surface area contributed by atoms with Gasteiger partial charge in [-0.2, -0.15) is 16.4 Å². The fraction of sp³-hybridized carbons (Fsp3) is 0.333. The van der Waals surface area contributed by atoms with E-state index in [1.807, 2.05) is 16.8 Å². The van der Waals surface area contributed by atoms with Crippen molar-refractivity contribution < 1.29 is 9.90 Å². The Morgan fingerprint density at radius 1 is 1.63 bits per heavy atom. The van der Waals surface area contributed by atoms with E-state index in [0.717, 1.165) is 5.56 Å². The number of nitrogens with zero attached hydrogens (tertiary/aromatic N) is 2. The van der Waals surface area contributed by atoms with Crippen LogP contribution in [-0.4, -0.2) is 27.5 Å². The number of rotatable bonds is 4. The Balaban J connectivity index is 1.87. The number of carbonyl (C=O) groups excluding carboxylic acids is 1. The summed E-state index contributed by atoms with van der Waals surface area (Å²) in [6.45, 7) is 1.80. The summed E-state index contributed by atoms with van der Waals surface area (Å²) >= 11 is 1.51. The van der Waals surface area contributed by atoms with Crippen LogP contribution in [-0.2, 0) is 12.6 Å². The van der Waals surface area contributed by atoms with Gasteiger partial charge in [0.1, 0.15) is 5.60 Å². The number of urea groups is 1. The highest BCUT2D eigenvalue weighted by Gasteiger charge is 2.24. The minimum absolute atomic E-state index is 0.135. The molecule has 0 spiro atoms. The van der Waals surface area contributed by atoms with Gasteiger partial charge in [0, 0.05) is 13.2 Å². The van der Waals surface area contributed by atoms with Gasteiger partial charge in [0.05, 0.1) is 18.4 Å². The molecule has 19 heavy (non-hydrogen) atoms. The monoisotopic (exact) mass is 280 g/mol. The second-order valence-electron chi connectivity index (χ2n) is 4.50. The number of amides is 2. The summed E-state index contributed by atoms with van der Waals surface area (Å²) in [4.78, 5) is 11.7. The van der Waals surface area contributed by atoms with Crippen LogP contribution in [0.15, 0.2) is 29.2 Å². The SMILES string of the molecule is Cn1cc(NC(=O)NCC(C)(O)c2ccsc2)cn1. The van der Waals surface area contributed by atoms with Crippen LogP contribution in [0.1, 0.15) is 12.5 Å². The number of hydrogen-bond acceptors (Lipinski definition) is 4. The second kappa shape index (κ2) is 5.41. The molecule has 2 aromatic heterocycles. The molecule has 0 aliphatic carbocycles. The van der Waals surface area contributed by atoms with Gasteiger partial charge >= 0.3 is 6.03 Å². The molecule has 0 radical (unpaired) electrons. The van der Waals surface area contributed by atoms with Crippen LogP contribution in [0.2, 0.25) is 0 Å². The van der Waals surface area contributed by atoms with Crippen molar-refractivity contribution in [3.63, 3.8) is 0 Å². The van der Waals surface area contributed by atoms with E-state index in [-0.39, 0.29) is 12.6 Å². The smallest absolute Gasteiger partial charge is 0.319 e. The largest absolute Gasteiger partial charge is 0.384 e. The third-order valence-corrected chi connectivity index (χ3v) is 3.38. The highest BCUT2D eigenvalue weighted by molar-refractivity contribution is 7.08. The van der Waals surface area contributed by atoms with Gasteiger partial charge in [-0.25, -0.2) is 4.79 Å². The molecular formula is C12H16N4O2S. The molecule has 2 rings (SSSR count). The zero-order chi connectivity index (χ0) is 13.9. The van der Waals surface area contributed by atoms with Crippen molar-refractivity contribution >= 4 is 23.1 Å². The maximum absolute atomic E-state index is 11.7. The number of nitrogens with one attached hydrogen (secondary N) is 2. The molecule has 0 aromatic carbocycles. The standard InChI is InChI=1S/C12H16N4O2S/c1-12(18,9-3-4-19-7-9)8-13-11(17)15-10-5-14-16(2)6-10/h3-7,18H,8H2,1-2H3,(H2,13,15,17). The summed E-state index contributed by atoms with van der Waals surface area (Å²) in [5.41, 5.74) is 0.320. The Bertz CT molecular complexity index is 548. The first-order valence-corrected chi connectivity index (χ1v) is 6.70. The van der Waals surface area contributed by atoms with E-state index in [1.54, 1.807) is 31.0 Å². The van der Waals surface area contributed by atoms with Gasteiger partial charge in [-0.3, -0.25) is 4.68 Å². The van der Waals surface area contributed by atoms with Gasteiger partial charge in [0.25, 0.3) is 0 Å². The maximum atomic E-state index is 11.7. The average molecular weight is 280 g/mol. The van der Waals surface area contributed by atoms with Crippen LogP contribution >= 0.6 is 11.3 Å². The second-order valence-corrected chi connectivity index (χ2v) is 5.28. The summed E-state index contributed by atoms with van der Waals surface area (Å²) in [6.07, 6.45) is 3.24. The number of anilines is 1. The van der Waals surface area contributed by atoms with Crippen LogP contribution in [0.5, 0.6) is 0 Å². The van der Waals surface area contributed by atoms with E-state index in [4.69, 9.17) is 0 Å². The molecule has 2 aromatic rings. The Morgan fingerprint density at radius 3 is 3.00 bits per heavy atom. The Labute approximate surface area is 115 Å². The van der Waals surface area contributed by atoms with Crippen LogP contribution in [0.25, 0.3) is 0 Å². The topological polar surface area (TPSA) is 79.2 Å². The predicted molar refractivity (Wildman–Crippen MR) is 74.1 cm³/mol. The van der Waals surface area contributed by atoms with Gasteiger partial charge in [0.15, 0.2) is 0 Å². The number of aliphatic hydroxyl groups is 1.